The van der Waals surface area contributed by atoms with Crippen LogP contribution in [0.2, 0.25) is 0 Å². The van der Waals surface area contributed by atoms with E-state index >= 15 is 0 Å². The lowest BCUT2D eigenvalue weighted by atomic mass is 9.98. The van der Waals surface area contributed by atoms with E-state index in [0.717, 1.165) is 18.8 Å². The Kier molecular flexibility index (Phi) is 5.43. The van der Waals surface area contributed by atoms with Crippen molar-refractivity contribution in [1.29, 1.82) is 0 Å². The molecule has 1 amide bonds. The minimum absolute atomic E-state index is 0.0129. The molecule has 7 nitrogen and oxygen atoms in total. The Bertz CT molecular complexity index is 1210. The normalized spacial score (nSPS) is 18.8. The van der Waals surface area contributed by atoms with Crippen LogP contribution in [0.5, 0.6) is 0 Å². The third-order valence-corrected chi connectivity index (χ3v) is 6.52. The molecule has 7 heteroatoms. The van der Waals surface area contributed by atoms with E-state index in [1.54, 1.807) is 10.9 Å². The van der Waals surface area contributed by atoms with Crippen LogP contribution in [0.4, 0.5) is 5.69 Å². The van der Waals surface area contributed by atoms with Gasteiger partial charge in [0, 0.05) is 44.3 Å². The van der Waals surface area contributed by atoms with E-state index in [4.69, 9.17) is 4.74 Å². The average molecular weight is 433 g/mol. The monoisotopic (exact) mass is 432 g/mol. The molecule has 1 fully saturated rings. The van der Waals surface area contributed by atoms with Crippen LogP contribution in [-0.4, -0.2) is 52.6 Å². The van der Waals surface area contributed by atoms with Crippen molar-refractivity contribution in [1.82, 2.24) is 14.5 Å². The van der Waals surface area contributed by atoms with Gasteiger partial charge in [-0.1, -0.05) is 24.3 Å². The number of piperazine rings is 1. The van der Waals surface area contributed by atoms with Crippen LogP contribution in [0.1, 0.15) is 31.0 Å². The number of ether oxygens (including phenoxy) is 1. The van der Waals surface area contributed by atoms with Crippen LogP contribution in [0, 0.1) is 0 Å². The van der Waals surface area contributed by atoms with Gasteiger partial charge in [0.15, 0.2) is 0 Å². The topological polar surface area (TPSA) is 67.7 Å². The fourth-order valence-corrected chi connectivity index (χ4v) is 4.58. The number of fused-ring (bicyclic) bond motifs is 2. The van der Waals surface area contributed by atoms with Gasteiger partial charge in [-0.15, -0.1) is 0 Å². The Morgan fingerprint density at radius 1 is 1.06 bits per heavy atom. The van der Waals surface area contributed by atoms with Crippen molar-refractivity contribution in [3.63, 3.8) is 0 Å². The molecule has 32 heavy (non-hydrogen) atoms. The van der Waals surface area contributed by atoms with Crippen molar-refractivity contribution < 1.29 is 9.53 Å². The molecule has 1 saturated heterocycles. The van der Waals surface area contributed by atoms with Crippen LogP contribution in [0.3, 0.4) is 0 Å². The molecule has 0 radical (unpaired) electrons. The summed E-state index contributed by atoms with van der Waals surface area (Å²) >= 11 is 0. The van der Waals surface area contributed by atoms with Gasteiger partial charge < -0.3 is 14.5 Å². The molecule has 0 bridgehead atoms. The molecule has 5 rings (SSSR count). The summed E-state index contributed by atoms with van der Waals surface area (Å²) in [4.78, 5) is 34.4. The zero-order valence-corrected chi connectivity index (χ0v) is 18.5. The van der Waals surface area contributed by atoms with Crippen LogP contribution in [-0.2, 0) is 22.6 Å². The second-order valence-electron chi connectivity index (χ2n) is 8.84. The molecule has 0 saturated carbocycles. The predicted octanol–water partition coefficient (Wildman–Crippen LogP) is 2.77. The summed E-state index contributed by atoms with van der Waals surface area (Å²) in [5.74, 6) is 0.0774. The summed E-state index contributed by atoms with van der Waals surface area (Å²) < 4.78 is 7.52. The first kappa shape index (κ1) is 20.7. The maximum absolute atomic E-state index is 13.0. The van der Waals surface area contributed by atoms with Gasteiger partial charge in [-0.3, -0.25) is 14.2 Å². The Hall–Kier alpha value is -3.19. The van der Waals surface area contributed by atoms with Gasteiger partial charge in [-0.05, 0) is 43.2 Å². The van der Waals surface area contributed by atoms with E-state index in [9.17, 15) is 9.59 Å². The predicted molar refractivity (Wildman–Crippen MR) is 124 cm³/mol. The largest absolute Gasteiger partial charge is 0.368 e. The van der Waals surface area contributed by atoms with E-state index in [2.05, 4.69) is 22.0 Å². The molecule has 2 aromatic carbocycles. The number of hydrogen-bond acceptors (Lipinski definition) is 5. The summed E-state index contributed by atoms with van der Waals surface area (Å²) in [7, 11) is 0. The third kappa shape index (κ3) is 3.77. The average Bonchev–Trinajstić information content (AvgIpc) is 2.83. The molecule has 1 unspecified atom stereocenters. The summed E-state index contributed by atoms with van der Waals surface area (Å²) in [5.41, 5.74) is 4.10. The minimum Gasteiger partial charge on any atom is -0.368 e. The molecule has 166 valence electrons. The second-order valence-corrected chi connectivity index (χ2v) is 8.84. The van der Waals surface area contributed by atoms with Crippen molar-refractivity contribution in [3.8, 4) is 0 Å². The van der Waals surface area contributed by atoms with Gasteiger partial charge >= 0.3 is 0 Å². The molecule has 1 atom stereocenters. The fraction of sp³-hybridized carbons (Fsp3) is 0.400. The van der Waals surface area contributed by atoms with Gasteiger partial charge in [0.1, 0.15) is 6.10 Å². The van der Waals surface area contributed by atoms with E-state index in [0.29, 0.717) is 37.0 Å². The van der Waals surface area contributed by atoms with E-state index in [-0.39, 0.29) is 17.5 Å². The van der Waals surface area contributed by atoms with Gasteiger partial charge in [0.25, 0.3) is 11.5 Å². The first-order chi connectivity index (χ1) is 15.5. The van der Waals surface area contributed by atoms with Crippen LogP contribution >= 0.6 is 0 Å². The highest BCUT2D eigenvalue weighted by molar-refractivity contribution is 5.83. The number of rotatable bonds is 3. The number of hydrogen-bond donors (Lipinski definition) is 0. The van der Waals surface area contributed by atoms with Crippen molar-refractivity contribution in [2.24, 2.45) is 0 Å². The van der Waals surface area contributed by atoms with Gasteiger partial charge in [0.05, 0.1) is 23.8 Å². The van der Waals surface area contributed by atoms with E-state index in [1.807, 2.05) is 49.1 Å². The van der Waals surface area contributed by atoms with Crippen molar-refractivity contribution in [2.45, 2.75) is 39.0 Å². The zero-order valence-electron chi connectivity index (χ0n) is 18.5. The molecule has 2 aliphatic rings. The Labute approximate surface area is 187 Å². The van der Waals surface area contributed by atoms with Gasteiger partial charge in [0.2, 0.25) is 0 Å². The Balaban J connectivity index is 1.25. The van der Waals surface area contributed by atoms with Gasteiger partial charge in [-0.25, -0.2) is 4.98 Å². The number of benzene rings is 2. The van der Waals surface area contributed by atoms with Crippen LogP contribution < -0.4 is 10.5 Å². The quantitative estimate of drug-likeness (QED) is 0.637. The molecular weight excluding hydrogens is 404 g/mol. The molecule has 1 aromatic heterocycles. The Morgan fingerprint density at radius 3 is 2.56 bits per heavy atom. The SMILES string of the molecule is CC(C)n1cnc2cc(N3CCN(C(=O)C4Cc5ccccc5CO4)CC3)ccc2c1=O. The number of amides is 1. The lowest BCUT2D eigenvalue weighted by Crippen LogP contribution is -2.52. The fourth-order valence-electron chi connectivity index (χ4n) is 4.58. The summed E-state index contributed by atoms with van der Waals surface area (Å²) in [6.07, 6.45) is 1.86. The number of carbonyl (C=O) groups excluding carboxylic acids is 1. The van der Waals surface area contributed by atoms with Crippen molar-refractivity contribution in [2.75, 3.05) is 31.1 Å². The minimum atomic E-state index is -0.399. The maximum atomic E-state index is 13.0. The van der Waals surface area contributed by atoms with Crippen LogP contribution in [0.25, 0.3) is 10.9 Å². The number of aromatic nitrogens is 2. The lowest BCUT2D eigenvalue weighted by molar-refractivity contribution is -0.145. The standard InChI is InChI=1S/C25H28N4O3/c1-17(2)29-16-26-22-14-20(7-8-21(22)24(29)30)27-9-11-28(12-10-27)25(31)23-13-18-5-3-4-6-19(18)15-32-23/h3-8,14,16-17,23H,9-13,15H2,1-2H3. The number of anilines is 1. The smallest absolute Gasteiger partial charge is 0.261 e. The maximum Gasteiger partial charge on any atom is 0.261 e. The highest BCUT2D eigenvalue weighted by atomic mass is 16.5. The highest BCUT2D eigenvalue weighted by Crippen LogP contribution is 2.24. The highest BCUT2D eigenvalue weighted by Gasteiger charge is 2.31. The van der Waals surface area contributed by atoms with E-state index in [1.165, 1.54) is 11.1 Å². The zero-order chi connectivity index (χ0) is 22.2. The van der Waals surface area contributed by atoms with E-state index < -0.39 is 6.10 Å². The first-order valence-electron chi connectivity index (χ1n) is 11.2. The molecule has 2 aliphatic heterocycles. The molecule has 0 N–H and O–H groups in total. The van der Waals surface area contributed by atoms with Gasteiger partial charge in [-0.2, -0.15) is 0 Å². The molecule has 3 heterocycles. The summed E-state index contributed by atoms with van der Waals surface area (Å²) in [5, 5.41) is 0.633. The number of carbonyl (C=O) groups is 1. The first-order valence-corrected chi connectivity index (χ1v) is 11.2. The van der Waals surface area contributed by atoms with Crippen LogP contribution in [0.15, 0.2) is 53.6 Å². The summed E-state index contributed by atoms with van der Waals surface area (Å²) in [6, 6.07) is 14.1. The molecular formula is C25H28N4O3. The third-order valence-electron chi connectivity index (χ3n) is 6.52. The number of nitrogens with zero attached hydrogens (tertiary/aromatic N) is 4. The molecule has 0 aliphatic carbocycles. The van der Waals surface area contributed by atoms with Crippen molar-refractivity contribution >= 4 is 22.5 Å². The summed E-state index contributed by atoms with van der Waals surface area (Å²) in [6.45, 7) is 7.23. The lowest BCUT2D eigenvalue weighted by Gasteiger charge is -2.38. The Morgan fingerprint density at radius 2 is 1.81 bits per heavy atom. The second kappa shape index (κ2) is 8.39. The molecule has 0 spiro atoms. The molecule has 3 aromatic rings. The van der Waals surface area contributed by atoms with Crippen molar-refractivity contribution in [3.05, 3.63) is 70.3 Å².